The molecule has 0 saturated carbocycles. The lowest BCUT2D eigenvalue weighted by Gasteiger charge is -2.27. The van der Waals surface area contributed by atoms with Gasteiger partial charge in [0.2, 0.25) is 0 Å². The fourth-order valence-corrected chi connectivity index (χ4v) is 2.91. The van der Waals surface area contributed by atoms with Gasteiger partial charge in [0, 0.05) is 12.1 Å². The van der Waals surface area contributed by atoms with Gasteiger partial charge in [-0.2, -0.15) is 0 Å². The number of likely N-dealkylation sites (tertiary alicyclic amines) is 1. The fraction of sp³-hybridized carbons (Fsp3) is 0.444. The number of ether oxygens (including phenoxy) is 1. The molecular weight excluding hydrogens is 309 g/mol. The van der Waals surface area contributed by atoms with Gasteiger partial charge >= 0.3 is 6.09 Å². The molecule has 1 atom stereocenters. The van der Waals surface area contributed by atoms with E-state index in [4.69, 9.17) is 4.74 Å². The number of aromatic amines is 1. The summed E-state index contributed by atoms with van der Waals surface area (Å²) in [5.41, 5.74) is 0.545. The van der Waals surface area contributed by atoms with E-state index in [-0.39, 0.29) is 18.0 Å². The van der Waals surface area contributed by atoms with E-state index in [0.29, 0.717) is 23.6 Å². The van der Waals surface area contributed by atoms with Crippen LogP contribution in [0.5, 0.6) is 0 Å². The van der Waals surface area contributed by atoms with Gasteiger partial charge in [-0.15, -0.1) is 0 Å². The first-order valence-electron chi connectivity index (χ1n) is 8.14. The molecule has 0 aliphatic carbocycles. The summed E-state index contributed by atoms with van der Waals surface area (Å²) in [4.78, 5) is 21.6. The number of aromatic nitrogens is 2. The first-order chi connectivity index (χ1) is 11.3. The van der Waals surface area contributed by atoms with Gasteiger partial charge in [-0.25, -0.2) is 14.2 Å². The molecule has 0 spiro atoms. The monoisotopic (exact) mass is 331 g/mol. The Balaban J connectivity index is 1.81. The number of carbonyl (C=O) groups is 1. The van der Waals surface area contributed by atoms with Crippen molar-refractivity contribution in [3.05, 3.63) is 42.1 Å². The van der Waals surface area contributed by atoms with E-state index < -0.39 is 5.60 Å². The Kier molecular flexibility index (Phi) is 4.30. The molecule has 128 valence electrons. The van der Waals surface area contributed by atoms with E-state index in [1.807, 2.05) is 20.8 Å². The average molecular weight is 331 g/mol. The minimum Gasteiger partial charge on any atom is -0.444 e. The molecule has 1 amide bonds. The number of H-pyrrole nitrogens is 1. The van der Waals surface area contributed by atoms with E-state index in [1.165, 1.54) is 6.07 Å². The molecule has 1 N–H and O–H groups in total. The molecule has 1 aliphatic rings. The van der Waals surface area contributed by atoms with Crippen molar-refractivity contribution in [1.29, 1.82) is 0 Å². The number of hydrogen-bond acceptors (Lipinski definition) is 3. The van der Waals surface area contributed by atoms with Crippen LogP contribution in [0.15, 0.2) is 30.5 Å². The normalized spacial score (nSPS) is 18.0. The zero-order valence-corrected chi connectivity index (χ0v) is 14.2. The van der Waals surface area contributed by atoms with Crippen LogP contribution >= 0.6 is 0 Å². The maximum atomic E-state index is 13.9. The van der Waals surface area contributed by atoms with Crippen molar-refractivity contribution in [2.45, 2.75) is 45.3 Å². The van der Waals surface area contributed by atoms with Gasteiger partial charge in [-0.3, -0.25) is 4.90 Å². The fourth-order valence-electron chi connectivity index (χ4n) is 2.91. The van der Waals surface area contributed by atoms with Crippen molar-refractivity contribution < 1.29 is 13.9 Å². The molecule has 5 nitrogen and oxygen atoms in total. The number of imidazole rings is 1. The van der Waals surface area contributed by atoms with Gasteiger partial charge in [0.1, 0.15) is 17.2 Å². The van der Waals surface area contributed by atoms with Crippen molar-refractivity contribution in [2.75, 3.05) is 6.54 Å². The molecule has 3 rings (SSSR count). The van der Waals surface area contributed by atoms with Gasteiger partial charge in [0.25, 0.3) is 0 Å². The van der Waals surface area contributed by atoms with Crippen LogP contribution in [0.2, 0.25) is 0 Å². The number of nitrogens with one attached hydrogen (secondary N) is 1. The number of hydrogen-bond donors (Lipinski definition) is 1. The highest BCUT2D eigenvalue weighted by molar-refractivity contribution is 5.69. The zero-order chi connectivity index (χ0) is 17.3. The molecule has 0 unspecified atom stereocenters. The van der Waals surface area contributed by atoms with E-state index in [2.05, 4.69) is 9.97 Å². The Hall–Kier alpha value is -2.37. The quantitative estimate of drug-likeness (QED) is 0.893. The Labute approximate surface area is 140 Å². The minimum absolute atomic E-state index is 0.166. The number of rotatable bonds is 2. The molecule has 1 saturated heterocycles. The van der Waals surface area contributed by atoms with Crippen LogP contribution < -0.4 is 0 Å². The second kappa shape index (κ2) is 6.26. The summed E-state index contributed by atoms with van der Waals surface area (Å²) in [5, 5.41) is 0. The van der Waals surface area contributed by atoms with Gasteiger partial charge in [0.05, 0.1) is 17.9 Å². The molecule has 2 aromatic rings. The maximum absolute atomic E-state index is 13.9. The maximum Gasteiger partial charge on any atom is 0.410 e. The lowest BCUT2D eigenvalue weighted by Crippen LogP contribution is -2.36. The van der Waals surface area contributed by atoms with Crippen molar-refractivity contribution in [3.63, 3.8) is 0 Å². The summed E-state index contributed by atoms with van der Waals surface area (Å²) in [6.07, 6.45) is 2.97. The van der Waals surface area contributed by atoms with Gasteiger partial charge in [-0.1, -0.05) is 12.1 Å². The SMILES string of the molecule is CC(C)(C)OC(=O)N1CCC[C@H]1c1ncc(-c2ccccc2F)[nH]1. The molecule has 1 aliphatic heterocycles. The van der Waals surface area contributed by atoms with Gasteiger partial charge in [-0.05, 0) is 45.7 Å². The van der Waals surface area contributed by atoms with Crippen molar-refractivity contribution in [1.82, 2.24) is 14.9 Å². The topological polar surface area (TPSA) is 58.2 Å². The van der Waals surface area contributed by atoms with Crippen molar-refractivity contribution in [2.24, 2.45) is 0 Å². The van der Waals surface area contributed by atoms with E-state index in [0.717, 1.165) is 12.8 Å². The third-order valence-corrected chi connectivity index (χ3v) is 3.96. The first-order valence-corrected chi connectivity index (χ1v) is 8.14. The summed E-state index contributed by atoms with van der Waals surface area (Å²) in [5.74, 6) is 0.361. The Morgan fingerprint density at radius 1 is 1.38 bits per heavy atom. The van der Waals surface area contributed by atoms with Crippen LogP contribution in [0.25, 0.3) is 11.3 Å². The number of halogens is 1. The predicted molar refractivity (Wildman–Crippen MR) is 88.9 cm³/mol. The molecule has 1 fully saturated rings. The summed E-state index contributed by atoms with van der Waals surface area (Å²) in [6, 6.07) is 6.38. The molecule has 1 aromatic heterocycles. The van der Waals surface area contributed by atoms with Crippen LogP contribution in [-0.2, 0) is 4.74 Å². The van der Waals surface area contributed by atoms with E-state index in [1.54, 1.807) is 29.3 Å². The summed E-state index contributed by atoms with van der Waals surface area (Å²) < 4.78 is 19.4. The second-order valence-electron chi connectivity index (χ2n) is 6.99. The van der Waals surface area contributed by atoms with Crippen LogP contribution in [-0.4, -0.2) is 33.1 Å². The molecule has 2 heterocycles. The zero-order valence-electron chi connectivity index (χ0n) is 14.2. The molecular formula is C18H22FN3O2. The lowest BCUT2D eigenvalue weighted by atomic mass is 10.1. The number of carbonyl (C=O) groups excluding carboxylic acids is 1. The van der Waals surface area contributed by atoms with E-state index in [9.17, 15) is 9.18 Å². The highest BCUT2D eigenvalue weighted by atomic mass is 19.1. The van der Waals surface area contributed by atoms with Crippen molar-refractivity contribution in [3.8, 4) is 11.3 Å². The summed E-state index contributed by atoms with van der Waals surface area (Å²) in [6.45, 7) is 6.17. The largest absolute Gasteiger partial charge is 0.444 e. The van der Waals surface area contributed by atoms with Crippen LogP contribution in [0.3, 0.4) is 0 Å². The minimum atomic E-state index is -0.536. The number of nitrogens with zero attached hydrogens (tertiary/aromatic N) is 2. The van der Waals surface area contributed by atoms with Crippen LogP contribution in [0.4, 0.5) is 9.18 Å². The lowest BCUT2D eigenvalue weighted by molar-refractivity contribution is 0.0218. The standard InChI is InChI=1S/C18H22FN3O2/c1-18(2,3)24-17(23)22-10-6-9-15(22)16-20-11-14(21-16)12-7-4-5-8-13(12)19/h4-5,7-8,11,15H,6,9-10H2,1-3H3,(H,20,21)/t15-/m0/s1. The Morgan fingerprint density at radius 3 is 2.83 bits per heavy atom. The predicted octanol–water partition coefficient (Wildman–Crippen LogP) is 4.29. The van der Waals surface area contributed by atoms with Crippen LogP contribution in [0.1, 0.15) is 45.5 Å². The van der Waals surface area contributed by atoms with Gasteiger partial charge in [0.15, 0.2) is 0 Å². The molecule has 24 heavy (non-hydrogen) atoms. The number of amides is 1. The average Bonchev–Trinajstić information content (AvgIpc) is 3.14. The second-order valence-corrected chi connectivity index (χ2v) is 6.99. The van der Waals surface area contributed by atoms with E-state index >= 15 is 0 Å². The van der Waals surface area contributed by atoms with Crippen molar-refractivity contribution >= 4 is 6.09 Å². The smallest absolute Gasteiger partial charge is 0.410 e. The van der Waals surface area contributed by atoms with Gasteiger partial charge < -0.3 is 9.72 Å². The first kappa shape index (κ1) is 16.5. The molecule has 6 heteroatoms. The Morgan fingerprint density at radius 2 is 2.12 bits per heavy atom. The highest BCUT2D eigenvalue weighted by Crippen LogP contribution is 2.33. The highest BCUT2D eigenvalue weighted by Gasteiger charge is 2.34. The number of benzene rings is 1. The summed E-state index contributed by atoms with van der Waals surface area (Å²) >= 11 is 0. The third kappa shape index (κ3) is 3.42. The molecule has 0 bridgehead atoms. The third-order valence-electron chi connectivity index (χ3n) is 3.96. The molecule has 1 aromatic carbocycles. The van der Waals surface area contributed by atoms with Crippen LogP contribution in [0, 0.1) is 5.82 Å². The summed E-state index contributed by atoms with van der Waals surface area (Å²) in [7, 11) is 0. The Bertz CT molecular complexity index is 736. The molecule has 0 radical (unpaired) electrons.